The van der Waals surface area contributed by atoms with Gasteiger partial charge < -0.3 is 4.42 Å². The highest BCUT2D eigenvalue weighted by atomic mass is 35.6. The zero-order chi connectivity index (χ0) is 17.4. The summed E-state index contributed by atoms with van der Waals surface area (Å²) < 4.78 is 1.63. The fourth-order valence-corrected chi connectivity index (χ4v) is 2.06. The van der Waals surface area contributed by atoms with E-state index in [9.17, 15) is 0 Å². The van der Waals surface area contributed by atoms with Gasteiger partial charge in [0, 0.05) is 0 Å². The average molecular weight is 436 g/mol. The van der Waals surface area contributed by atoms with Crippen molar-refractivity contribution in [3.8, 4) is 0 Å². The summed E-state index contributed by atoms with van der Waals surface area (Å²) in [5.41, 5.74) is 2.00. The number of rotatable bonds is 2. The van der Waals surface area contributed by atoms with E-state index in [1.54, 1.807) is 18.4 Å². The molecular weight excluding hydrogens is 427 g/mol. The van der Waals surface area contributed by atoms with Crippen LogP contribution >= 0.6 is 69.6 Å². The van der Waals surface area contributed by atoms with E-state index in [1.807, 2.05) is 13.8 Å². The van der Waals surface area contributed by atoms with Gasteiger partial charge >= 0.3 is 0 Å². The second-order valence-electron chi connectivity index (χ2n) is 4.58. The van der Waals surface area contributed by atoms with Crippen LogP contribution in [-0.2, 0) is 7.59 Å². The van der Waals surface area contributed by atoms with Gasteiger partial charge in [0.2, 0.25) is 7.59 Å². The Bertz CT molecular complexity index is 713. The van der Waals surface area contributed by atoms with Gasteiger partial charge in [-0.15, -0.1) is 0 Å². The first-order chi connectivity index (χ1) is 10.5. The molecule has 2 heterocycles. The lowest BCUT2D eigenvalue weighted by Crippen LogP contribution is -2.16. The minimum absolute atomic E-state index is 0.147. The first kappa shape index (κ1) is 19.1. The van der Waals surface area contributed by atoms with E-state index in [4.69, 9.17) is 74.0 Å². The maximum Gasteiger partial charge on any atom is 0.250 e. The van der Waals surface area contributed by atoms with Crippen LogP contribution in [0.5, 0.6) is 0 Å². The highest BCUT2D eigenvalue weighted by Gasteiger charge is 2.33. The summed E-state index contributed by atoms with van der Waals surface area (Å²) in [5, 5.41) is 0. The fraction of sp³-hybridized carbons (Fsp3) is 0.308. The first-order valence-electron chi connectivity index (χ1n) is 6.11. The normalized spacial score (nSPS) is 13.0. The van der Waals surface area contributed by atoms with Crippen LogP contribution < -0.4 is 0 Å². The molecule has 4 nitrogen and oxygen atoms in total. The zero-order valence-electron chi connectivity index (χ0n) is 11.7. The van der Waals surface area contributed by atoms with Gasteiger partial charge in [0.25, 0.3) is 0 Å². The van der Waals surface area contributed by atoms with Crippen molar-refractivity contribution < 1.29 is 4.42 Å². The quantitative estimate of drug-likeness (QED) is 0.550. The number of alkyl halides is 6. The molecule has 0 saturated heterocycles. The van der Waals surface area contributed by atoms with Gasteiger partial charge in [-0.2, -0.15) is 0 Å². The van der Waals surface area contributed by atoms with Crippen molar-refractivity contribution in [2.45, 2.75) is 21.4 Å². The first-order valence-corrected chi connectivity index (χ1v) is 8.38. The van der Waals surface area contributed by atoms with Crippen LogP contribution in [0.25, 0.3) is 12.2 Å². The van der Waals surface area contributed by atoms with Crippen LogP contribution in [0.4, 0.5) is 0 Å². The molecule has 0 spiro atoms. The molecule has 2 aromatic heterocycles. The van der Waals surface area contributed by atoms with E-state index < -0.39 is 7.59 Å². The maximum absolute atomic E-state index is 5.80. The van der Waals surface area contributed by atoms with Gasteiger partial charge in [-0.25, -0.2) is 15.0 Å². The number of nitrogens with zero attached hydrogens (tertiary/aromatic N) is 3. The molecular formula is C13H9Cl6N3O. The van der Waals surface area contributed by atoms with Crippen LogP contribution in [0.1, 0.15) is 34.4 Å². The van der Waals surface area contributed by atoms with Gasteiger partial charge in [-0.1, -0.05) is 69.6 Å². The van der Waals surface area contributed by atoms with Gasteiger partial charge in [-0.05, 0) is 37.1 Å². The van der Waals surface area contributed by atoms with Crippen molar-refractivity contribution in [2.24, 2.45) is 0 Å². The van der Waals surface area contributed by atoms with Crippen molar-refractivity contribution >= 4 is 81.8 Å². The van der Waals surface area contributed by atoms with Crippen LogP contribution in [0.3, 0.4) is 0 Å². The van der Waals surface area contributed by atoms with Crippen LogP contribution in [0, 0.1) is 13.8 Å². The Labute approximate surface area is 162 Å². The molecule has 124 valence electrons. The molecule has 0 radical (unpaired) electrons. The predicted octanol–water partition coefficient (Wildman–Crippen LogP) is 5.91. The molecule has 0 amide bonds. The van der Waals surface area contributed by atoms with Crippen molar-refractivity contribution in [2.75, 3.05) is 0 Å². The SMILES string of the molecule is Cc1coc(/C=C/c2nc(C(Cl)(Cl)Cl)nc(C(Cl)(Cl)Cl)n2)c1C. The number of aryl methyl sites for hydroxylation is 1. The van der Waals surface area contributed by atoms with Crippen LogP contribution in [-0.4, -0.2) is 15.0 Å². The van der Waals surface area contributed by atoms with Gasteiger partial charge in [0.15, 0.2) is 17.5 Å². The van der Waals surface area contributed by atoms with Crippen molar-refractivity contribution in [3.63, 3.8) is 0 Å². The topological polar surface area (TPSA) is 51.8 Å². The second-order valence-corrected chi connectivity index (χ2v) is 9.14. The molecule has 2 rings (SSSR count). The predicted molar refractivity (Wildman–Crippen MR) is 95.4 cm³/mol. The van der Waals surface area contributed by atoms with Gasteiger partial charge in [0.1, 0.15) is 5.76 Å². The molecule has 0 N–H and O–H groups in total. The molecule has 2 aromatic rings. The lowest BCUT2D eigenvalue weighted by Gasteiger charge is -2.14. The third kappa shape index (κ3) is 4.88. The Morgan fingerprint density at radius 1 is 0.870 bits per heavy atom. The molecule has 0 bridgehead atoms. The number of hydrogen-bond donors (Lipinski definition) is 0. The number of halogens is 6. The Hall–Kier alpha value is -0.230. The average Bonchev–Trinajstić information content (AvgIpc) is 2.74. The molecule has 0 aliphatic heterocycles. The third-order valence-corrected chi connectivity index (χ3v) is 3.88. The van der Waals surface area contributed by atoms with E-state index in [-0.39, 0.29) is 17.5 Å². The number of hydrogen-bond acceptors (Lipinski definition) is 4. The largest absolute Gasteiger partial charge is 0.464 e. The fourth-order valence-electron chi connectivity index (χ4n) is 1.56. The monoisotopic (exact) mass is 433 g/mol. The van der Waals surface area contributed by atoms with Crippen molar-refractivity contribution in [1.82, 2.24) is 15.0 Å². The maximum atomic E-state index is 5.80. The summed E-state index contributed by atoms with van der Waals surface area (Å²) in [6.45, 7) is 3.85. The molecule has 23 heavy (non-hydrogen) atoms. The lowest BCUT2D eigenvalue weighted by atomic mass is 10.2. The van der Waals surface area contributed by atoms with Crippen molar-refractivity contribution in [3.05, 3.63) is 40.6 Å². The summed E-state index contributed by atoms with van der Waals surface area (Å²) >= 11 is 34.8. The van der Waals surface area contributed by atoms with E-state index in [0.29, 0.717) is 5.76 Å². The molecule has 10 heteroatoms. The van der Waals surface area contributed by atoms with E-state index in [2.05, 4.69) is 15.0 Å². The molecule has 0 aliphatic rings. The van der Waals surface area contributed by atoms with E-state index in [0.717, 1.165) is 11.1 Å². The Kier molecular flexibility index (Phi) is 5.77. The van der Waals surface area contributed by atoms with Gasteiger partial charge in [-0.3, -0.25) is 0 Å². The Balaban J connectivity index is 2.47. The third-order valence-electron chi connectivity index (χ3n) is 2.87. The second kappa shape index (κ2) is 6.95. The van der Waals surface area contributed by atoms with Crippen LogP contribution in [0.15, 0.2) is 10.7 Å². The summed E-state index contributed by atoms with van der Waals surface area (Å²) in [6, 6.07) is 0. The number of aromatic nitrogens is 3. The van der Waals surface area contributed by atoms with Crippen LogP contribution in [0.2, 0.25) is 0 Å². The molecule has 0 aliphatic carbocycles. The highest BCUT2D eigenvalue weighted by Crippen LogP contribution is 2.40. The smallest absolute Gasteiger partial charge is 0.250 e. The zero-order valence-corrected chi connectivity index (χ0v) is 16.3. The molecule has 0 atom stereocenters. The van der Waals surface area contributed by atoms with Gasteiger partial charge in [0.05, 0.1) is 6.26 Å². The van der Waals surface area contributed by atoms with E-state index in [1.165, 1.54) is 0 Å². The van der Waals surface area contributed by atoms with E-state index >= 15 is 0 Å². The minimum Gasteiger partial charge on any atom is -0.464 e. The highest BCUT2D eigenvalue weighted by molar-refractivity contribution is 6.67. The Morgan fingerprint density at radius 3 is 1.78 bits per heavy atom. The molecule has 0 aromatic carbocycles. The summed E-state index contributed by atoms with van der Waals surface area (Å²) in [5.74, 6) is 0.515. The summed E-state index contributed by atoms with van der Waals surface area (Å²) in [7, 11) is 0. The molecule has 0 fully saturated rings. The molecule has 0 saturated carbocycles. The Morgan fingerprint density at radius 2 is 1.39 bits per heavy atom. The minimum atomic E-state index is -1.88. The standard InChI is InChI=1S/C13H9Cl6N3O/c1-6-5-23-8(7(6)2)3-4-9-20-10(12(14,15)16)22-11(21-9)13(17,18)19/h3-5H,1-2H3/b4-3+. The summed E-state index contributed by atoms with van der Waals surface area (Å²) in [6.07, 6.45) is 4.86. The van der Waals surface area contributed by atoms with Crippen molar-refractivity contribution in [1.29, 1.82) is 0 Å². The molecule has 0 unspecified atom stereocenters. The number of furan rings is 1. The lowest BCUT2D eigenvalue weighted by molar-refractivity contribution is 0.554. The summed E-state index contributed by atoms with van der Waals surface area (Å²) in [4.78, 5) is 12.0.